The highest BCUT2D eigenvalue weighted by molar-refractivity contribution is 7.59. The molecule has 8 nitrogen and oxygen atoms in total. The van der Waals surface area contributed by atoms with Gasteiger partial charge in [-0.15, -0.1) is 0 Å². The Balaban J connectivity index is 0.000000302. The molecule has 0 aromatic heterocycles. The minimum Gasteiger partial charge on any atom is -0.389 e. The molecule has 0 bridgehead atoms. The van der Waals surface area contributed by atoms with Gasteiger partial charge in [0.25, 0.3) is 0 Å². The summed E-state index contributed by atoms with van der Waals surface area (Å²) >= 11 is 0. The van der Waals surface area contributed by atoms with Crippen LogP contribution in [0.5, 0.6) is 0 Å². The van der Waals surface area contributed by atoms with E-state index >= 15 is 0 Å². The van der Waals surface area contributed by atoms with Crippen LogP contribution in [0.4, 0.5) is 0 Å². The second kappa shape index (κ2) is 12.9. The van der Waals surface area contributed by atoms with E-state index in [2.05, 4.69) is 62.3 Å². The minimum absolute atomic E-state index is 0. The van der Waals surface area contributed by atoms with Gasteiger partial charge in [-0.3, -0.25) is 0 Å². The Morgan fingerprint density at radius 1 is 0.615 bits per heavy atom. The molecule has 0 aliphatic carbocycles. The lowest BCUT2D eigenvalue weighted by Gasteiger charge is -2.48. The molecule has 1 N–H and O–H groups in total. The van der Waals surface area contributed by atoms with Crippen LogP contribution in [0.3, 0.4) is 0 Å². The molecular formula is C29H58O8SSi. The second-order valence-electron chi connectivity index (χ2n) is 13.7. The molecule has 10 atom stereocenters. The lowest BCUT2D eigenvalue weighted by atomic mass is 9.92. The number of ether oxygens (including phenoxy) is 6. The van der Waals surface area contributed by atoms with E-state index in [1.807, 2.05) is 34.6 Å². The average Bonchev–Trinajstić information content (AvgIpc) is 3.29. The highest BCUT2D eigenvalue weighted by Crippen LogP contribution is 2.47. The predicted molar refractivity (Wildman–Crippen MR) is 159 cm³/mol. The Hall–Kier alpha value is 0.247. The highest BCUT2D eigenvalue weighted by atomic mass is 32.1. The van der Waals surface area contributed by atoms with Gasteiger partial charge in [-0.05, 0) is 58.2 Å². The number of hydrogen-bond donors (Lipinski definition) is 1. The Morgan fingerprint density at radius 3 is 1.41 bits per heavy atom. The number of fused-ring (bicyclic) bond motifs is 2. The van der Waals surface area contributed by atoms with E-state index in [9.17, 15) is 5.11 Å². The van der Waals surface area contributed by atoms with Crippen molar-refractivity contribution in [2.75, 3.05) is 0 Å². The summed E-state index contributed by atoms with van der Waals surface area (Å²) in [6, 6.07) is 0. The third-order valence-electron chi connectivity index (χ3n) is 9.12. The number of hydrogen-bond acceptors (Lipinski definition) is 8. The Bertz CT molecular complexity index is 771. The van der Waals surface area contributed by atoms with Gasteiger partial charge in [-0.1, -0.05) is 55.4 Å². The zero-order chi connectivity index (χ0) is 29.0. The maximum atomic E-state index is 9.67. The van der Waals surface area contributed by atoms with Crippen molar-refractivity contribution in [2.24, 2.45) is 11.8 Å². The molecular weight excluding hydrogens is 536 g/mol. The van der Waals surface area contributed by atoms with Gasteiger partial charge in [0.15, 0.2) is 24.2 Å². The molecule has 0 spiro atoms. The lowest BCUT2D eigenvalue weighted by Crippen LogP contribution is -2.58. The smallest absolute Gasteiger partial charge is 0.203 e. The van der Waals surface area contributed by atoms with Crippen LogP contribution in [-0.4, -0.2) is 74.2 Å². The van der Waals surface area contributed by atoms with Crippen LogP contribution >= 0.6 is 13.5 Å². The zero-order valence-corrected chi connectivity index (χ0v) is 28.8. The van der Waals surface area contributed by atoms with E-state index < -0.39 is 26.2 Å². The molecule has 0 aromatic rings. The van der Waals surface area contributed by atoms with E-state index in [1.165, 1.54) is 0 Å². The Morgan fingerprint density at radius 2 is 0.974 bits per heavy atom. The first-order valence-corrected chi connectivity index (χ1v) is 16.8. The first-order chi connectivity index (χ1) is 17.3. The van der Waals surface area contributed by atoms with Crippen molar-refractivity contribution in [2.45, 2.75) is 174 Å². The summed E-state index contributed by atoms with van der Waals surface area (Å²) in [6.07, 6.45) is -1.62. The number of aliphatic hydroxyl groups is 1. The number of rotatable bonds is 5. The van der Waals surface area contributed by atoms with Gasteiger partial charge in [0.05, 0.1) is 24.4 Å². The summed E-state index contributed by atoms with van der Waals surface area (Å²) in [5.41, 5.74) is 1.55. The summed E-state index contributed by atoms with van der Waals surface area (Å²) in [5.74, 6) is -0.649. The van der Waals surface area contributed by atoms with Crippen molar-refractivity contribution >= 4 is 21.8 Å². The largest absolute Gasteiger partial charge is 0.389 e. The van der Waals surface area contributed by atoms with Crippen LogP contribution in [0, 0.1) is 11.8 Å². The standard InChI is InChI=1S/C19H38O4Si.C10H18O4.H2S/c1-11(2)24(12(3)4,13(5)6)23-18-17-16(14(7)15(8)20-18)21-19(9,10)22-17;1-5-6(2)12-9(11)8-7(5)13-10(3,4)14-8;/h11-18H,1-10H3;5-9,11H,1-4H3;1H2/t14-,15?,16-,17?,18-;5-,6?,7-,8?,9+;/m00./s1. The second-order valence-corrected chi connectivity index (χ2v) is 19.1. The molecule has 4 saturated heterocycles. The SMILES string of the molecule is CC1O[C@@H](O)C2OC(C)(C)O[C@H]2[C@H]1C.CC1O[C@@H](O[Si](C(C)C)(C(C)C)C(C)C)C2OC(C)(C)O[C@H]2[C@H]1C.S. The molecule has 0 amide bonds. The molecule has 10 heteroatoms. The van der Waals surface area contributed by atoms with Gasteiger partial charge in [0.1, 0.15) is 12.2 Å². The molecule has 0 aromatic carbocycles. The van der Waals surface area contributed by atoms with E-state index in [0.717, 1.165) is 0 Å². The van der Waals surface area contributed by atoms with Gasteiger partial charge < -0.3 is 38.0 Å². The number of aliphatic hydroxyl groups excluding tert-OH is 1. The van der Waals surface area contributed by atoms with E-state index in [0.29, 0.717) is 22.5 Å². The summed E-state index contributed by atoms with van der Waals surface area (Å²) in [7, 11) is -2.03. The molecule has 4 fully saturated rings. The van der Waals surface area contributed by atoms with Crippen LogP contribution in [0.2, 0.25) is 16.6 Å². The van der Waals surface area contributed by atoms with Gasteiger partial charge in [0, 0.05) is 11.8 Å². The van der Waals surface area contributed by atoms with Gasteiger partial charge >= 0.3 is 0 Å². The fraction of sp³-hybridized carbons (Fsp3) is 1.00. The molecule has 4 heterocycles. The topological polar surface area (TPSA) is 84.8 Å². The van der Waals surface area contributed by atoms with E-state index in [1.54, 1.807) is 0 Å². The first-order valence-electron chi connectivity index (χ1n) is 14.7. The van der Waals surface area contributed by atoms with Gasteiger partial charge in [0.2, 0.25) is 8.32 Å². The maximum absolute atomic E-state index is 9.67. The molecule has 0 saturated carbocycles. The Labute approximate surface area is 245 Å². The van der Waals surface area contributed by atoms with Crippen LogP contribution in [0.25, 0.3) is 0 Å². The van der Waals surface area contributed by atoms with Crippen molar-refractivity contribution < 1.29 is 38.0 Å². The monoisotopic (exact) mass is 594 g/mol. The highest BCUT2D eigenvalue weighted by Gasteiger charge is 2.57. The predicted octanol–water partition coefficient (Wildman–Crippen LogP) is 6.07. The van der Waals surface area contributed by atoms with Crippen LogP contribution in [0.1, 0.15) is 96.9 Å². The molecule has 4 rings (SSSR count). The van der Waals surface area contributed by atoms with Crippen molar-refractivity contribution in [3.05, 3.63) is 0 Å². The minimum atomic E-state index is -2.03. The third-order valence-corrected chi connectivity index (χ3v) is 15.2. The van der Waals surface area contributed by atoms with Crippen molar-refractivity contribution in [3.8, 4) is 0 Å². The van der Waals surface area contributed by atoms with Crippen LogP contribution in [-0.2, 0) is 32.8 Å². The van der Waals surface area contributed by atoms with Gasteiger partial charge in [-0.25, -0.2) is 0 Å². The molecule has 39 heavy (non-hydrogen) atoms. The van der Waals surface area contributed by atoms with Crippen molar-refractivity contribution in [1.29, 1.82) is 0 Å². The molecule has 232 valence electrons. The maximum Gasteiger partial charge on any atom is 0.203 e. The van der Waals surface area contributed by atoms with E-state index in [-0.39, 0.29) is 62.3 Å². The van der Waals surface area contributed by atoms with Gasteiger partial charge in [-0.2, -0.15) is 13.5 Å². The normalized spacial score (nSPS) is 41.1. The molecule has 0 radical (unpaired) electrons. The third kappa shape index (κ3) is 7.25. The zero-order valence-electron chi connectivity index (χ0n) is 26.8. The van der Waals surface area contributed by atoms with Crippen molar-refractivity contribution in [1.82, 2.24) is 0 Å². The first kappa shape index (κ1) is 35.4. The lowest BCUT2D eigenvalue weighted by molar-refractivity contribution is -0.238. The van der Waals surface area contributed by atoms with Crippen molar-refractivity contribution in [3.63, 3.8) is 0 Å². The fourth-order valence-corrected chi connectivity index (χ4v) is 12.4. The Kier molecular flexibility index (Phi) is 11.7. The molecule has 4 aliphatic heterocycles. The summed E-state index contributed by atoms with van der Waals surface area (Å²) < 4.78 is 42.3. The van der Waals surface area contributed by atoms with Crippen LogP contribution in [0.15, 0.2) is 0 Å². The summed E-state index contributed by atoms with van der Waals surface area (Å²) in [4.78, 5) is 0. The summed E-state index contributed by atoms with van der Waals surface area (Å²) in [5, 5.41) is 9.67. The average molecular weight is 595 g/mol. The molecule has 4 aliphatic rings. The van der Waals surface area contributed by atoms with E-state index in [4.69, 9.17) is 32.8 Å². The summed E-state index contributed by atoms with van der Waals surface area (Å²) in [6.45, 7) is 29.8. The quantitative estimate of drug-likeness (QED) is 0.384. The molecule has 4 unspecified atom stereocenters. The van der Waals surface area contributed by atoms with Crippen LogP contribution < -0.4 is 0 Å². The fourth-order valence-electron chi connectivity index (χ4n) is 6.95.